The van der Waals surface area contributed by atoms with Crippen LogP contribution in [0.4, 0.5) is 4.39 Å². The predicted molar refractivity (Wildman–Crippen MR) is 146 cm³/mol. The number of halogens is 2. The molecule has 194 valence electrons. The van der Waals surface area contributed by atoms with E-state index in [-0.39, 0.29) is 18.3 Å². The number of benzene rings is 1. The lowest BCUT2D eigenvalue weighted by Crippen LogP contribution is -2.42. The molecule has 3 atom stereocenters. The molecule has 0 amide bonds. The minimum Gasteiger partial charge on any atom is -0.497 e. The first kappa shape index (κ1) is 27.2. The van der Waals surface area contributed by atoms with E-state index in [2.05, 4.69) is 9.88 Å². The van der Waals surface area contributed by atoms with Crippen molar-refractivity contribution in [2.75, 3.05) is 32.5 Å². The van der Waals surface area contributed by atoms with Crippen LogP contribution in [0.15, 0.2) is 46.1 Å². The van der Waals surface area contributed by atoms with Crippen LogP contribution in [0.25, 0.3) is 10.9 Å². The zero-order valence-corrected chi connectivity index (χ0v) is 22.8. The largest absolute Gasteiger partial charge is 0.497 e. The molecule has 36 heavy (non-hydrogen) atoms. The number of ether oxygens (including phenoxy) is 1. The van der Waals surface area contributed by atoms with Gasteiger partial charge in [0, 0.05) is 30.3 Å². The van der Waals surface area contributed by atoms with Crippen molar-refractivity contribution in [1.82, 2.24) is 9.88 Å². The number of thioether (sulfide) groups is 1. The van der Waals surface area contributed by atoms with E-state index >= 15 is 4.39 Å². The van der Waals surface area contributed by atoms with Crippen LogP contribution in [0.1, 0.15) is 43.8 Å². The van der Waals surface area contributed by atoms with Gasteiger partial charge in [0.05, 0.1) is 21.9 Å². The molecule has 3 heterocycles. The predicted octanol–water partition coefficient (Wildman–Crippen LogP) is 7.34. The summed E-state index contributed by atoms with van der Waals surface area (Å²) in [6, 6.07) is 9.17. The summed E-state index contributed by atoms with van der Waals surface area (Å²) >= 11 is 9.61. The first-order valence-corrected chi connectivity index (χ1v) is 14.6. The SMILES string of the molecule is COc1ccc2nccc(C(F)CC[C@@H]3CCN(CCCSc4sccc4Cl)C[C@@H]3CC(=O)O)c2c1. The van der Waals surface area contributed by atoms with Gasteiger partial charge >= 0.3 is 5.97 Å². The Morgan fingerprint density at radius 1 is 1.36 bits per heavy atom. The molecular formula is C27H32ClFN2O3S2. The van der Waals surface area contributed by atoms with Crippen LogP contribution < -0.4 is 4.74 Å². The number of nitrogens with zero attached hydrogens (tertiary/aromatic N) is 2. The second-order valence-corrected chi connectivity index (χ2v) is 12.0. The monoisotopic (exact) mass is 550 g/mol. The van der Waals surface area contributed by atoms with Gasteiger partial charge in [-0.25, -0.2) is 4.39 Å². The third-order valence-corrected chi connectivity index (χ3v) is 9.82. The highest BCUT2D eigenvalue weighted by molar-refractivity contribution is 8.01. The number of aliphatic carboxylic acids is 1. The number of aromatic nitrogens is 1. The van der Waals surface area contributed by atoms with Crippen molar-refractivity contribution >= 4 is 51.6 Å². The number of hydrogen-bond donors (Lipinski definition) is 1. The van der Waals surface area contributed by atoms with Crippen molar-refractivity contribution < 1.29 is 19.0 Å². The number of thiophene rings is 1. The molecule has 1 fully saturated rings. The van der Waals surface area contributed by atoms with Crippen LogP contribution >= 0.6 is 34.7 Å². The lowest BCUT2D eigenvalue weighted by atomic mass is 9.79. The smallest absolute Gasteiger partial charge is 0.303 e. The number of rotatable bonds is 12. The van der Waals surface area contributed by atoms with Gasteiger partial charge in [-0.15, -0.1) is 23.1 Å². The molecule has 1 aliphatic heterocycles. The van der Waals surface area contributed by atoms with Crippen LogP contribution in [-0.4, -0.2) is 53.5 Å². The summed E-state index contributed by atoms with van der Waals surface area (Å²) in [6.07, 6.45) is 3.61. The zero-order valence-electron chi connectivity index (χ0n) is 20.4. The van der Waals surface area contributed by atoms with Crippen molar-refractivity contribution in [3.63, 3.8) is 0 Å². The molecular weight excluding hydrogens is 519 g/mol. The second kappa shape index (κ2) is 13.1. The summed E-state index contributed by atoms with van der Waals surface area (Å²) in [5.41, 5.74) is 1.36. The number of methoxy groups -OCH3 is 1. The van der Waals surface area contributed by atoms with E-state index in [1.165, 1.54) is 0 Å². The molecule has 9 heteroatoms. The Hall–Kier alpha value is -1.87. The molecule has 4 rings (SSSR count). The van der Waals surface area contributed by atoms with Gasteiger partial charge in [-0.2, -0.15) is 0 Å². The van der Waals surface area contributed by atoms with Crippen molar-refractivity contribution in [1.29, 1.82) is 0 Å². The van der Waals surface area contributed by atoms with Crippen molar-refractivity contribution in [2.24, 2.45) is 11.8 Å². The van der Waals surface area contributed by atoms with E-state index in [0.29, 0.717) is 24.2 Å². The van der Waals surface area contributed by atoms with Crippen molar-refractivity contribution in [3.8, 4) is 5.75 Å². The fourth-order valence-corrected chi connectivity index (χ4v) is 7.39. The number of carboxylic acid groups (broad SMARTS) is 1. The summed E-state index contributed by atoms with van der Waals surface area (Å²) in [5, 5.41) is 13.1. The van der Waals surface area contributed by atoms with Crippen LogP contribution in [0.3, 0.4) is 0 Å². The normalized spacial score (nSPS) is 19.4. The van der Waals surface area contributed by atoms with Gasteiger partial charge in [0.25, 0.3) is 0 Å². The average molecular weight is 551 g/mol. The molecule has 1 N–H and O–H groups in total. The highest BCUT2D eigenvalue weighted by Gasteiger charge is 2.31. The third kappa shape index (κ3) is 7.12. The molecule has 3 aromatic rings. The number of hydrogen-bond acceptors (Lipinski definition) is 6. The summed E-state index contributed by atoms with van der Waals surface area (Å²) in [5.74, 6) is 1.13. The van der Waals surface area contributed by atoms with Gasteiger partial charge < -0.3 is 14.7 Å². The Balaban J connectivity index is 1.32. The van der Waals surface area contributed by atoms with Gasteiger partial charge in [-0.1, -0.05) is 11.6 Å². The minimum atomic E-state index is -1.13. The third-order valence-electron chi connectivity index (χ3n) is 6.96. The van der Waals surface area contributed by atoms with Gasteiger partial charge in [0.2, 0.25) is 0 Å². The quantitative estimate of drug-likeness (QED) is 0.188. The second-order valence-electron chi connectivity index (χ2n) is 9.29. The van der Waals surface area contributed by atoms with Gasteiger partial charge in [-0.3, -0.25) is 9.78 Å². The Morgan fingerprint density at radius 2 is 2.22 bits per heavy atom. The number of pyridine rings is 1. The topological polar surface area (TPSA) is 62.7 Å². The lowest BCUT2D eigenvalue weighted by molar-refractivity contribution is -0.139. The van der Waals surface area contributed by atoms with E-state index < -0.39 is 12.1 Å². The molecule has 1 saturated heterocycles. The zero-order chi connectivity index (χ0) is 25.5. The molecule has 1 aromatic carbocycles. The summed E-state index contributed by atoms with van der Waals surface area (Å²) in [6.45, 7) is 2.63. The molecule has 2 aromatic heterocycles. The number of piperidine rings is 1. The van der Waals surface area contributed by atoms with E-state index in [0.717, 1.165) is 58.4 Å². The highest BCUT2D eigenvalue weighted by Crippen LogP contribution is 2.37. The molecule has 0 spiro atoms. The summed E-state index contributed by atoms with van der Waals surface area (Å²) in [7, 11) is 1.59. The maximum atomic E-state index is 15.5. The Kier molecular flexibility index (Phi) is 9.87. The van der Waals surface area contributed by atoms with Crippen LogP contribution in [0.5, 0.6) is 5.75 Å². The fraction of sp³-hybridized carbons (Fsp3) is 0.481. The standard InChI is InChI=1S/C27H32ClFN2O3S2/c1-34-20-4-6-25-22(16-20)21(7-10-30-25)24(29)5-3-18-8-12-31(17-19(18)15-26(32)33)11-2-13-35-27-23(28)9-14-36-27/h4,6-7,9-10,14,16,18-19,24H,2-3,5,8,11-13,15,17H2,1H3,(H,32,33)/t18-,19+,24?/m1/s1. The van der Waals surface area contributed by atoms with Crippen molar-refractivity contribution in [2.45, 2.75) is 42.5 Å². The summed E-state index contributed by atoms with van der Waals surface area (Å²) in [4.78, 5) is 18.3. The Bertz CT molecular complexity index is 1160. The van der Waals surface area contributed by atoms with E-state index in [1.807, 2.05) is 29.6 Å². The molecule has 0 aliphatic carbocycles. The highest BCUT2D eigenvalue weighted by atomic mass is 35.5. The number of fused-ring (bicyclic) bond motifs is 1. The number of carboxylic acids is 1. The fourth-order valence-electron chi connectivity index (χ4n) is 5.09. The van der Waals surface area contributed by atoms with E-state index in [1.54, 1.807) is 42.5 Å². The molecule has 0 saturated carbocycles. The molecule has 5 nitrogen and oxygen atoms in total. The van der Waals surface area contributed by atoms with Crippen LogP contribution in [0.2, 0.25) is 5.02 Å². The minimum absolute atomic E-state index is 0.0390. The van der Waals surface area contributed by atoms with Gasteiger partial charge in [-0.05, 0) is 91.9 Å². The molecule has 0 radical (unpaired) electrons. The number of likely N-dealkylation sites (tertiary alicyclic amines) is 1. The van der Waals surface area contributed by atoms with E-state index in [4.69, 9.17) is 16.3 Å². The molecule has 1 unspecified atom stereocenters. The number of alkyl halides is 1. The first-order chi connectivity index (χ1) is 17.4. The van der Waals surface area contributed by atoms with Crippen molar-refractivity contribution in [3.05, 3.63) is 52.5 Å². The molecule has 1 aliphatic rings. The maximum absolute atomic E-state index is 15.5. The average Bonchev–Trinajstić information content (AvgIpc) is 3.29. The van der Waals surface area contributed by atoms with E-state index in [9.17, 15) is 9.90 Å². The van der Waals surface area contributed by atoms with Gasteiger partial charge in [0.15, 0.2) is 0 Å². The van der Waals surface area contributed by atoms with Crippen LogP contribution in [0, 0.1) is 11.8 Å². The maximum Gasteiger partial charge on any atom is 0.303 e. The first-order valence-electron chi connectivity index (χ1n) is 12.3. The van der Waals surface area contributed by atoms with Gasteiger partial charge in [0.1, 0.15) is 11.9 Å². The molecule has 0 bridgehead atoms. The number of carbonyl (C=O) groups is 1. The lowest BCUT2D eigenvalue weighted by Gasteiger charge is -2.38. The van der Waals surface area contributed by atoms with Crippen LogP contribution in [-0.2, 0) is 4.79 Å². The summed E-state index contributed by atoms with van der Waals surface area (Å²) < 4.78 is 21.9. The Labute approximate surface area is 225 Å². The Morgan fingerprint density at radius 3 is 2.97 bits per heavy atom.